The van der Waals surface area contributed by atoms with Gasteiger partial charge in [-0.2, -0.15) is 5.10 Å². The molecule has 2 aromatic heterocycles. The molecule has 0 spiro atoms. The third-order valence-corrected chi connectivity index (χ3v) is 5.44. The van der Waals surface area contributed by atoms with E-state index < -0.39 is 10.0 Å². The summed E-state index contributed by atoms with van der Waals surface area (Å²) in [5.74, 6) is 0.604. The summed E-state index contributed by atoms with van der Waals surface area (Å²) >= 11 is 0. The molecule has 0 amide bonds. The minimum atomic E-state index is -3.77. The normalized spacial score (nSPS) is 11.3. The van der Waals surface area contributed by atoms with E-state index in [0.29, 0.717) is 17.1 Å². The zero-order chi connectivity index (χ0) is 18.7. The fraction of sp³-hybridized carbons (Fsp3) is 0. The molecular weight excluding hydrogens is 360 g/mol. The molecule has 0 fully saturated rings. The molecular formula is C20H16N4O2S. The molecule has 1 N–H and O–H groups in total. The lowest BCUT2D eigenvalue weighted by Gasteiger charge is -2.12. The Hall–Kier alpha value is -3.45. The van der Waals surface area contributed by atoms with Crippen molar-refractivity contribution in [3.8, 4) is 16.9 Å². The van der Waals surface area contributed by atoms with Crippen LogP contribution in [0.1, 0.15) is 0 Å². The Morgan fingerprint density at radius 3 is 2.33 bits per heavy atom. The maximum Gasteiger partial charge on any atom is 0.262 e. The minimum absolute atomic E-state index is 0.215. The van der Waals surface area contributed by atoms with Crippen LogP contribution < -0.4 is 4.72 Å². The lowest BCUT2D eigenvalue weighted by atomic mass is 10.1. The summed E-state index contributed by atoms with van der Waals surface area (Å²) in [5.41, 5.74) is 1.87. The Balaban J connectivity index is 1.65. The van der Waals surface area contributed by atoms with Gasteiger partial charge in [-0.05, 0) is 29.8 Å². The number of anilines is 1. The van der Waals surface area contributed by atoms with Crippen LogP contribution in [0.3, 0.4) is 0 Å². The summed E-state index contributed by atoms with van der Waals surface area (Å²) in [6.07, 6.45) is 4.89. The first-order valence-corrected chi connectivity index (χ1v) is 9.75. The van der Waals surface area contributed by atoms with Crippen LogP contribution in [0.25, 0.3) is 16.9 Å². The van der Waals surface area contributed by atoms with E-state index in [4.69, 9.17) is 0 Å². The fourth-order valence-electron chi connectivity index (χ4n) is 2.75. The van der Waals surface area contributed by atoms with Gasteiger partial charge >= 0.3 is 0 Å². The van der Waals surface area contributed by atoms with Crippen molar-refractivity contribution < 1.29 is 8.42 Å². The molecule has 0 saturated heterocycles. The van der Waals surface area contributed by atoms with Crippen LogP contribution in [0, 0.1) is 0 Å². The van der Waals surface area contributed by atoms with Crippen molar-refractivity contribution >= 4 is 15.7 Å². The molecule has 4 aromatic rings. The van der Waals surface area contributed by atoms with Gasteiger partial charge in [0.25, 0.3) is 10.0 Å². The molecule has 0 atom stereocenters. The van der Waals surface area contributed by atoms with E-state index in [0.717, 1.165) is 5.56 Å². The molecule has 0 aliphatic heterocycles. The van der Waals surface area contributed by atoms with Crippen molar-refractivity contribution in [2.45, 2.75) is 4.90 Å². The zero-order valence-electron chi connectivity index (χ0n) is 14.2. The second kappa shape index (κ2) is 7.05. The van der Waals surface area contributed by atoms with Crippen molar-refractivity contribution in [3.63, 3.8) is 0 Å². The highest BCUT2D eigenvalue weighted by Crippen LogP contribution is 2.28. The maximum atomic E-state index is 13.0. The molecule has 7 heteroatoms. The van der Waals surface area contributed by atoms with E-state index in [1.54, 1.807) is 53.5 Å². The van der Waals surface area contributed by atoms with Crippen LogP contribution >= 0.6 is 0 Å². The topological polar surface area (TPSA) is 76.9 Å². The third kappa shape index (κ3) is 3.58. The summed E-state index contributed by atoms with van der Waals surface area (Å²) in [6.45, 7) is 0. The summed E-state index contributed by atoms with van der Waals surface area (Å²) in [7, 11) is -3.77. The molecule has 6 nitrogen and oxygen atoms in total. The molecule has 0 aliphatic carbocycles. The molecule has 2 aromatic carbocycles. The molecule has 0 bridgehead atoms. The van der Waals surface area contributed by atoms with Crippen molar-refractivity contribution in [2.24, 2.45) is 0 Å². The average Bonchev–Trinajstić information content (AvgIpc) is 3.24. The number of benzene rings is 2. The highest BCUT2D eigenvalue weighted by molar-refractivity contribution is 7.92. The Bertz CT molecular complexity index is 1140. The molecule has 2 heterocycles. The molecule has 134 valence electrons. The van der Waals surface area contributed by atoms with Crippen LogP contribution in [0.2, 0.25) is 0 Å². The predicted octanol–water partition coefficient (Wildman–Crippen LogP) is 3.74. The Labute approximate surface area is 157 Å². The number of pyridine rings is 1. The summed E-state index contributed by atoms with van der Waals surface area (Å²) < 4.78 is 30.1. The second-order valence-electron chi connectivity index (χ2n) is 5.82. The van der Waals surface area contributed by atoms with Gasteiger partial charge < -0.3 is 0 Å². The number of sulfonamides is 1. The van der Waals surface area contributed by atoms with E-state index in [9.17, 15) is 8.42 Å². The van der Waals surface area contributed by atoms with Crippen molar-refractivity contribution in [2.75, 3.05) is 4.72 Å². The number of rotatable bonds is 5. The Kier molecular flexibility index (Phi) is 4.43. The van der Waals surface area contributed by atoms with Gasteiger partial charge in [0, 0.05) is 18.0 Å². The van der Waals surface area contributed by atoms with Gasteiger partial charge in [-0.1, -0.05) is 48.5 Å². The standard InChI is InChI=1S/C20H16N4O2S/c25-27(26,19-10-5-4-9-18(19)16-7-2-1-3-8-16)23-17-11-12-20(21-15-17)24-14-6-13-22-24/h1-15,23H. The van der Waals surface area contributed by atoms with Gasteiger partial charge in [-0.15, -0.1) is 0 Å². The highest BCUT2D eigenvalue weighted by Gasteiger charge is 2.19. The van der Waals surface area contributed by atoms with Gasteiger partial charge in [-0.25, -0.2) is 18.1 Å². The quantitative estimate of drug-likeness (QED) is 0.576. The number of nitrogens with zero attached hydrogens (tertiary/aromatic N) is 3. The molecule has 0 saturated carbocycles. The first-order chi connectivity index (χ1) is 13.1. The number of hydrogen-bond donors (Lipinski definition) is 1. The predicted molar refractivity (Wildman–Crippen MR) is 104 cm³/mol. The smallest absolute Gasteiger partial charge is 0.262 e. The van der Waals surface area contributed by atoms with E-state index in [1.165, 1.54) is 6.20 Å². The van der Waals surface area contributed by atoms with Crippen LogP contribution in [0.5, 0.6) is 0 Å². The average molecular weight is 376 g/mol. The van der Waals surface area contributed by atoms with Gasteiger partial charge in [0.2, 0.25) is 0 Å². The van der Waals surface area contributed by atoms with E-state index in [1.807, 2.05) is 36.4 Å². The minimum Gasteiger partial charge on any atom is -0.278 e. The largest absolute Gasteiger partial charge is 0.278 e. The number of hydrogen-bond acceptors (Lipinski definition) is 4. The Morgan fingerprint density at radius 2 is 1.63 bits per heavy atom. The molecule has 0 radical (unpaired) electrons. The van der Waals surface area contributed by atoms with E-state index >= 15 is 0 Å². The van der Waals surface area contributed by atoms with E-state index in [2.05, 4.69) is 14.8 Å². The lowest BCUT2D eigenvalue weighted by molar-refractivity contribution is 0.601. The van der Waals surface area contributed by atoms with Crippen molar-refractivity contribution in [1.82, 2.24) is 14.8 Å². The lowest BCUT2D eigenvalue weighted by Crippen LogP contribution is -2.14. The molecule has 0 unspecified atom stereocenters. The Morgan fingerprint density at radius 1 is 0.852 bits per heavy atom. The number of nitrogens with one attached hydrogen (secondary N) is 1. The SMILES string of the molecule is O=S(=O)(Nc1ccc(-n2cccn2)nc1)c1ccccc1-c1ccccc1. The molecule has 0 aliphatic rings. The zero-order valence-corrected chi connectivity index (χ0v) is 15.0. The van der Waals surface area contributed by atoms with Crippen LogP contribution in [-0.4, -0.2) is 23.2 Å². The summed E-state index contributed by atoms with van der Waals surface area (Å²) in [6, 6.07) is 21.5. The van der Waals surface area contributed by atoms with Crippen molar-refractivity contribution in [3.05, 3.63) is 91.4 Å². The summed E-state index contributed by atoms with van der Waals surface area (Å²) in [5, 5.41) is 4.10. The first-order valence-electron chi connectivity index (χ1n) is 8.27. The van der Waals surface area contributed by atoms with Crippen molar-refractivity contribution in [1.29, 1.82) is 0 Å². The first kappa shape index (κ1) is 17.0. The van der Waals surface area contributed by atoms with E-state index in [-0.39, 0.29) is 4.90 Å². The van der Waals surface area contributed by atoms with Crippen LogP contribution in [-0.2, 0) is 10.0 Å². The third-order valence-electron chi connectivity index (χ3n) is 4.00. The second-order valence-corrected chi connectivity index (χ2v) is 7.47. The maximum absolute atomic E-state index is 13.0. The van der Waals surface area contributed by atoms with Crippen LogP contribution in [0.15, 0.2) is 96.3 Å². The molecule has 4 rings (SSSR count). The highest BCUT2D eigenvalue weighted by atomic mass is 32.2. The fourth-order valence-corrected chi connectivity index (χ4v) is 4.03. The van der Waals surface area contributed by atoms with Gasteiger partial charge in [-0.3, -0.25) is 4.72 Å². The van der Waals surface area contributed by atoms with Gasteiger partial charge in [0.05, 0.1) is 16.8 Å². The van der Waals surface area contributed by atoms with Crippen LogP contribution in [0.4, 0.5) is 5.69 Å². The number of aromatic nitrogens is 3. The molecule has 27 heavy (non-hydrogen) atoms. The monoisotopic (exact) mass is 376 g/mol. The van der Waals surface area contributed by atoms with Gasteiger partial charge in [0.15, 0.2) is 5.82 Å². The summed E-state index contributed by atoms with van der Waals surface area (Å²) in [4.78, 5) is 4.47. The van der Waals surface area contributed by atoms with Gasteiger partial charge in [0.1, 0.15) is 0 Å².